The fraction of sp³-hybridized carbons (Fsp3) is 0.721. The van der Waals surface area contributed by atoms with E-state index in [4.69, 9.17) is 33.2 Å². The van der Waals surface area contributed by atoms with Crippen LogP contribution in [0.25, 0.3) is 0 Å². The summed E-state index contributed by atoms with van der Waals surface area (Å²) in [7, 11) is 0. The van der Waals surface area contributed by atoms with E-state index in [0.717, 1.165) is 18.5 Å². The molecule has 380 valence electrons. The van der Waals surface area contributed by atoms with Gasteiger partial charge in [-0.25, -0.2) is 23.1 Å². The van der Waals surface area contributed by atoms with Crippen molar-refractivity contribution in [3.63, 3.8) is 0 Å². The fourth-order valence-electron chi connectivity index (χ4n) is 6.55. The van der Waals surface area contributed by atoms with E-state index in [1.54, 1.807) is 25.5 Å². The van der Waals surface area contributed by atoms with Crippen molar-refractivity contribution in [1.29, 1.82) is 0 Å². The van der Waals surface area contributed by atoms with Gasteiger partial charge < -0.3 is 74.6 Å². The predicted molar refractivity (Wildman–Crippen MR) is 231 cm³/mol. The van der Waals surface area contributed by atoms with Crippen LogP contribution >= 0.6 is 0 Å². The number of halogens is 2. The lowest BCUT2D eigenvalue weighted by Gasteiger charge is -2.46. The molecule has 3 rings (SSSR count). The number of carbonyl (C=O) groups is 4. The molecule has 22 nitrogen and oxygen atoms in total. The number of aliphatic hydroxyl groups is 4. The number of benzene rings is 1. The maximum Gasteiger partial charge on any atom is 0.407 e. The van der Waals surface area contributed by atoms with E-state index in [2.05, 4.69) is 26.3 Å². The van der Waals surface area contributed by atoms with Gasteiger partial charge in [-0.3, -0.25) is 9.59 Å². The van der Waals surface area contributed by atoms with Crippen LogP contribution < -0.4 is 16.0 Å². The number of aliphatic carboxylic acids is 1. The molecule has 3 amide bonds. The van der Waals surface area contributed by atoms with E-state index in [9.17, 15) is 53.5 Å². The molecule has 2 heterocycles. The second-order valence-corrected chi connectivity index (χ2v) is 16.6. The van der Waals surface area contributed by atoms with Crippen LogP contribution in [-0.4, -0.2) is 185 Å². The van der Waals surface area contributed by atoms with Gasteiger partial charge in [0.1, 0.15) is 24.4 Å². The van der Waals surface area contributed by atoms with E-state index in [1.807, 2.05) is 6.20 Å². The van der Waals surface area contributed by atoms with Crippen LogP contribution in [-0.2, 0) is 66.9 Å². The molecule has 0 bridgehead atoms. The SMILES string of the molecule is CC(C)(C)OC(=O)NCCOCCOCCOCCOCCn1cc(CCCCCCO[C@]2(C(=O)O)C[C@H](O)[C@@H](NC(=O)CO)[C@H]([C@H](O)[C@H](O)CNC(=O)Cc3ccc(C(F)F)cc3)O2)nn1. The zero-order valence-corrected chi connectivity index (χ0v) is 38.3. The summed E-state index contributed by atoms with van der Waals surface area (Å²) in [6.45, 7) is 7.61. The van der Waals surface area contributed by atoms with Crippen LogP contribution in [0.15, 0.2) is 30.5 Å². The van der Waals surface area contributed by atoms with Crippen molar-refractivity contribution in [2.45, 2.75) is 121 Å². The highest BCUT2D eigenvalue weighted by molar-refractivity contribution is 5.79. The summed E-state index contributed by atoms with van der Waals surface area (Å²) in [5, 5.41) is 68.1. The molecule has 0 saturated carbocycles. The van der Waals surface area contributed by atoms with Gasteiger partial charge in [0.05, 0.1) is 96.4 Å². The van der Waals surface area contributed by atoms with Gasteiger partial charge in [0, 0.05) is 31.3 Å². The Morgan fingerprint density at radius 2 is 1.51 bits per heavy atom. The van der Waals surface area contributed by atoms with Crippen molar-refractivity contribution in [1.82, 2.24) is 30.9 Å². The first-order valence-electron chi connectivity index (χ1n) is 22.2. The maximum atomic E-state index is 12.9. The van der Waals surface area contributed by atoms with Gasteiger partial charge in [0.2, 0.25) is 11.8 Å². The van der Waals surface area contributed by atoms with Crippen LogP contribution in [0.1, 0.15) is 76.1 Å². The molecule has 0 spiro atoms. The first-order chi connectivity index (χ1) is 31.9. The van der Waals surface area contributed by atoms with Gasteiger partial charge in [-0.05, 0) is 45.6 Å². The third-order valence-corrected chi connectivity index (χ3v) is 9.95. The molecule has 67 heavy (non-hydrogen) atoms. The van der Waals surface area contributed by atoms with Gasteiger partial charge in [-0.1, -0.05) is 42.3 Å². The van der Waals surface area contributed by atoms with Crippen molar-refractivity contribution < 1.29 is 86.6 Å². The van der Waals surface area contributed by atoms with Crippen LogP contribution in [0.2, 0.25) is 0 Å². The summed E-state index contributed by atoms with van der Waals surface area (Å²) < 4.78 is 66.0. The topological polar surface area (TPSA) is 301 Å². The van der Waals surface area contributed by atoms with Crippen LogP contribution in [0.5, 0.6) is 0 Å². The number of hydrogen-bond acceptors (Lipinski definition) is 17. The minimum Gasteiger partial charge on any atom is -0.477 e. The van der Waals surface area contributed by atoms with Crippen LogP contribution in [0.3, 0.4) is 0 Å². The molecule has 1 aliphatic heterocycles. The molecule has 1 fully saturated rings. The smallest absolute Gasteiger partial charge is 0.407 e. The maximum absolute atomic E-state index is 12.9. The van der Waals surface area contributed by atoms with E-state index < -0.39 is 91.7 Å². The minimum absolute atomic E-state index is 0.129. The second kappa shape index (κ2) is 30.1. The summed E-state index contributed by atoms with van der Waals surface area (Å²) in [5.74, 6) is -5.74. The van der Waals surface area contributed by atoms with E-state index in [0.29, 0.717) is 90.8 Å². The Bertz CT molecular complexity index is 1760. The summed E-state index contributed by atoms with van der Waals surface area (Å²) in [6.07, 6.45) is -6.43. The molecule has 0 unspecified atom stereocenters. The number of alkyl carbamates (subject to hydrolysis) is 1. The number of rotatable bonds is 33. The van der Waals surface area contributed by atoms with Gasteiger partial charge in [-0.15, -0.1) is 5.10 Å². The summed E-state index contributed by atoms with van der Waals surface area (Å²) in [5.41, 5.74) is 0.409. The third-order valence-electron chi connectivity index (χ3n) is 9.95. The van der Waals surface area contributed by atoms with E-state index >= 15 is 0 Å². The number of carboxylic acids is 1. The van der Waals surface area contributed by atoms with Crippen molar-refractivity contribution >= 4 is 23.9 Å². The molecule has 0 aliphatic carbocycles. The number of aromatic nitrogens is 3. The average Bonchev–Trinajstić information content (AvgIpc) is 3.73. The van der Waals surface area contributed by atoms with E-state index in [-0.39, 0.29) is 18.6 Å². The number of carbonyl (C=O) groups excluding carboxylic acids is 3. The molecule has 1 aromatic carbocycles. The Labute approximate surface area is 387 Å². The number of aliphatic hydroxyl groups excluding tert-OH is 4. The number of ether oxygens (including phenoxy) is 7. The standard InChI is InChI=1S/C43H68F2N6O16/c1-42(2,3)67-41(60)46-13-16-61-18-20-63-22-23-64-21-19-62-17-14-51-27-31(49-50-51)8-6-4-5-7-15-65-43(40(58)59)25-32(53)36(48-35(56)28-52)38(66-43)37(57)33(54)26-47-34(55)24-29-9-11-30(12-10-29)39(44)45/h9-12,27,32-33,36-39,52-54,57H,4-8,13-26,28H2,1-3H3,(H,46,60)(H,47,55)(H,48,56)(H,58,59)/t32-,33+,36+,37+,38+,43+/m0/s1. The number of hydrogen-bond donors (Lipinski definition) is 8. The molecule has 1 aliphatic rings. The lowest BCUT2D eigenvalue weighted by molar-refractivity contribution is -0.310. The molecule has 1 saturated heterocycles. The first-order valence-corrected chi connectivity index (χ1v) is 22.2. The largest absolute Gasteiger partial charge is 0.477 e. The first kappa shape index (κ1) is 56.8. The van der Waals surface area contributed by atoms with Gasteiger partial charge in [0.15, 0.2) is 0 Å². The molecule has 24 heteroatoms. The van der Waals surface area contributed by atoms with Gasteiger partial charge in [-0.2, -0.15) is 0 Å². The van der Waals surface area contributed by atoms with Gasteiger partial charge in [0.25, 0.3) is 12.2 Å². The highest BCUT2D eigenvalue weighted by atomic mass is 19.3. The molecule has 8 N–H and O–H groups in total. The predicted octanol–water partition coefficient (Wildman–Crippen LogP) is 0.415. The minimum atomic E-state index is -2.68. The Balaban J connectivity index is 1.30. The Hall–Kier alpha value is -4.50. The zero-order chi connectivity index (χ0) is 49.2. The highest BCUT2D eigenvalue weighted by Gasteiger charge is 2.55. The van der Waals surface area contributed by atoms with Crippen molar-refractivity contribution in [3.8, 4) is 0 Å². The highest BCUT2D eigenvalue weighted by Crippen LogP contribution is 2.34. The number of unbranched alkanes of at least 4 members (excludes halogenated alkanes) is 3. The quantitative estimate of drug-likeness (QED) is 0.0450. The Morgan fingerprint density at radius 1 is 0.881 bits per heavy atom. The molecule has 0 radical (unpaired) electrons. The summed E-state index contributed by atoms with van der Waals surface area (Å²) >= 11 is 0. The third kappa shape index (κ3) is 22.0. The van der Waals surface area contributed by atoms with Crippen molar-refractivity contribution in [2.24, 2.45) is 0 Å². The number of nitrogens with zero attached hydrogens (tertiary/aromatic N) is 3. The van der Waals surface area contributed by atoms with Crippen LogP contribution in [0, 0.1) is 0 Å². The van der Waals surface area contributed by atoms with Crippen LogP contribution in [0.4, 0.5) is 13.6 Å². The normalized spacial score (nSPS) is 19.5. The summed E-state index contributed by atoms with van der Waals surface area (Å²) in [6, 6.07) is 3.54. The number of carboxylic acid groups (broad SMARTS) is 1. The Morgan fingerprint density at radius 3 is 2.12 bits per heavy atom. The van der Waals surface area contributed by atoms with Gasteiger partial charge >= 0.3 is 12.1 Å². The zero-order valence-electron chi connectivity index (χ0n) is 38.3. The van der Waals surface area contributed by atoms with Crippen molar-refractivity contribution in [2.75, 3.05) is 79.2 Å². The monoisotopic (exact) mass is 962 g/mol. The van der Waals surface area contributed by atoms with E-state index in [1.165, 1.54) is 24.3 Å². The fourth-order valence-corrected chi connectivity index (χ4v) is 6.55. The number of aryl methyl sites for hydroxylation is 1. The molecular weight excluding hydrogens is 894 g/mol. The molecule has 1 aromatic heterocycles. The molecule has 2 aromatic rings. The van der Waals surface area contributed by atoms with Crippen molar-refractivity contribution in [3.05, 3.63) is 47.3 Å². The lowest BCUT2D eigenvalue weighted by atomic mass is 9.88. The molecular formula is C43H68F2N6O16. The summed E-state index contributed by atoms with van der Waals surface area (Å²) in [4.78, 5) is 48.8. The number of alkyl halides is 2. The number of nitrogens with one attached hydrogen (secondary N) is 3. The number of amides is 3. The second-order valence-electron chi connectivity index (χ2n) is 16.6. The lowest BCUT2D eigenvalue weighted by Crippen LogP contribution is -2.68. The average molecular weight is 963 g/mol. The Kier molecular flexibility index (Phi) is 25.5. The molecule has 6 atom stereocenters.